The number of aromatic nitrogens is 4. The number of carbonyl (C=O) groups is 1. The molecule has 0 spiro atoms. The number of nitrogens with zero attached hydrogens (tertiary/aromatic N) is 5. The molecular weight excluding hydrogens is 370 g/mol. The molecular formula is C21H25N5O3. The van der Waals surface area contributed by atoms with E-state index < -0.39 is 6.09 Å². The summed E-state index contributed by atoms with van der Waals surface area (Å²) in [7, 11) is 1.81. The molecule has 0 saturated heterocycles. The molecule has 0 aliphatic carbocycles. The van der Waals surface area contributed by atoms with E-state index in [1.54, 1.807) is 40.0 Å². The monoisotopic (exact) mass is 395 g/mol. The van der Waals surface area contributed by atoms with E-state index in [1.165, 1.54) is 11.0 Å². The first-order valence-corrected chi connectivity index (χ1v) is 9.54. The smallest absolute Gasteiger partial charge is 0.411 e. The van der Waals surface area contributed by atoms with Gasteiger partial charge in [-0.3, -0.25) is 14.4 Å². The van der Waals surface area contributed by atoms with Crippen LogP contribution >= 0.6 is 0 Å². The number of rotatable bonds is 7. The van der Waals surface area contributed by atoms with Gasteiger partial charge in [0, 0.05) is 38.0 Å². The Hall–Kier alpha value is -3.42. The van der Waals surface area contributed by atoms with Crippen LogP contribution in [-0.2, 0) is 13.5 Å². The van der Waals surface area contributed by atoms with Crippen molar-refractivity contribution in [2.45, 2.75) is 26.7 Å². The zero-order valence-corrected chi connectivity index (χ0v) is 16.8. The van der Waals surface area contributed by atoms with E-state index in [-0.39, 0.29) is 11.3 Å². The lowest BCUT2D eigenvalue weighted by Gasteiger charge is -2.23. The van der Waals surface area contributed by atoms with Gasteiger partial charge in [0.05, 0.1) is 12.4 Å². The predicted octanol–water partition coefficient (Wildman–Crippen LogP) is 3.09. The van der Waals surface area contributed by atoms with Crippen molar-refractivity contribution in [3.63, 3.8) is 0 Å². The van der Waals surface area contributed by atoms with E-state index in [2.05, 4.69) is 10.2 Å². The molecule has 3 rings (SSSR count). The summed E-state index contributed by atoms with van der Waals surface area (Å²) in [4.78, 5) is 25.4. The number of amides is 1. The first-order valence-electron chi connectivity index (χ1n) is 9.54. The second-order valence-corrected chi connectivity index (χ2v) is 7.20. The van der Waals surface area contributed by atoms with E-state index in [9.17, 15) is 14.7 Å². The first-order chi connectivity index (χ1) is 13.9. The van der Waals surface area contributed by atoms with Crippen molar-refractivity contribution in [2.24, 2.45) is 13.0 Å². The Kier molecular flexibility index (Phi) is 6.11. The summed E-state index contributed by atoms with van der Waals surface area (Å²) in [6.07, 6.45) is 5.30. The fourth-order valence-electron chi connectivity index (χ4n) is 3.00. The SMILES string of the molecule is CCC(C)CN(C(=O)O)c1cccc(Cc2nn(-c3cnn(C)c3)ccc2=O)c1. The van der Waals surface area contributed by atoms with Gasteiger partial charge in [-0.2, -0.15) is 10.2 Å². The first kappa shape index (κ1) is 20.3. The van der Waals surface area contributed by atoms with Crippen molar-refractivity contribution < 1.29 is 9.90 Å². The molecule has 2 aromatic heterocycles. The van der Waals surface area contributed by atoms with Crippen LogP contribution in [0.4, 0.5) is 10.5 Å². The van der Waals surface area contributed by atoms with Crippen molar-refractivity contribution in [3.05, 3.63) is 70.4 Å². The van der Waals surface area contributed by atoms with Gasteiger partial charge in [0.1, 0.15) is 11.4 Å². The number of carboxylic acid groups (broad SMARTS) is 1. The fraction of sp³-hybridized carbons (Fsp3) is 0.333. The fourth-order valence-corrected chi connectivity index (χ4v) is 3.00. The van der Waals surface area contributed by atoms with Crippen molar-refractivity contribution >= 4 is 11.8 Å². The van der Waals surface area contributed by atoms with E-state index in [1.807, 2.05) is 33.2 Å². The van der Waals surface area contributed by atoms with Crippen LogP contribution < -0.4 is 10.3 Å². The quantitative estimate of drug-likeness (QED) is 0.664. The van der Waals surface area contributed by atoms with Crippen molar-refractivity contribution in [1.29, 1.82) is 0 Å². The topological polar surface area (TPSA) is 93.2 Å². The molecule has 0 saturated carbocycles. The molecule has 0 radical (unpaired) electrons. The summed E-state index contributed by atoms with van der Waals surface area (Å²) in [6, 6.07) is 8.73. The van der Waals surface area contributed by atoms with Gasteiger partial charge in [-0.05, 0) is 23.6 Å². The summed E-state index contributed by atoms with van der Waals surface area (Å²) >= 11 is 0. The third-order valence-electron chi connectivity index (χ3n) is 4.85. The molecule has 8 heteroatoms. The minimum atomic E-state index is -0.987. The highest BCUT2D eigenvalue weighted by molar-refractivity contribution is 5.86. The lowest BCUT2D eigenvalue weighted by Crippen LogP contribution is -2.33. The third-order valence-corrected chi connectivity index (χ3v) is 4.85. The van der Waals surface area contributed by atoms with Gasteiger partial charge >= 0.3 is 6.09 Å². The van der Waals surface area contributed by atoms with E-state index >= 15 is 0 Å². The molecule has 1 unspecified atom stereocenters. The Labute approximate surface area is 169 Å². The molecule has 8 nitrogen and oxygen atoms in total. The Bertz CT molecular complexity index is 1060. The van der Waals surface area contributed by atoms with Crippen LogP contribution in [0.1, 0.15) is 31.5 Å². The maximum Gasteiger partial charge on any atom is 0.411 e. The van der Waals surface area contributed by atoms with Crippen molar-refractivity contribution in [3.8, 4) is 5.69 Å². The van der Waals surface area contributed by atoms with Crippen LogP contribution in [-0.4, -0.2) is 37.3 Å². The Morgan fingerprint density at radius 2 is 2.10 bits per heavy atom. The van der Waals surface area contributed by atoms with Gasteiger partial charge in [0.15, 0.2) is 0 Å². The highest BCUT2D eigenvalue weighted by atomic mass is 16.4. The highest BCUT2D eigenvalue weighted by Crippen LogP contribution is 2.20. The maximum atomic E-state index is 12.3. The van der Waals surface area contributed by atoms with Gasteiger partial charge in [-0.25, -0.2) is 9.48 Å². The molecule has 0 bridgehead atoms. The van der Waals surface area contributed by atoms with Gasteiger partial charge in [-0.15, -0.1) is 0 Å². The minimum absolute atomic E-state index is 0.162. The Morgan fingerprint density at radius 3 is 2.76 bits per heavy atom. The lowest BCUT2D eigenvalue weighted by atomic mass is 10.1. The van der Waals surface area contributed by atoms with Crippen LogP contribution in [0.3, 0.4) is 0 Å². The second-order valence-electron chi connectivity index (χ2n) is 7.20. The maximum absolute atomic E-state index is 12.3. The summed E-state index contributed by atoms with van der Waals surface area (Å²) in [6.45, 7) is 4.48. The summed E-state index contributed by atoms with van der Waals surface area (Å²) in [5, 5.41) is 18.2. The van der Waals surface area contributed by atoms with Gasteiger partial charge in [0.25, 0.3) is 0 Å². The molecule has 1 aromatic carbocycles. The molecule has 1 N–H and O–H groups in total. The van der Waals surface area contributed by atoms with Gasteiger partial charge < -0.3 is 5.11 Å². The minimum Gasteiger partial charge on any atom is -0.465 e. The molecule has 29 heavy (non-hydrogen) atoms. The number of aryl methyl sites for hydroxylation is 1. The van der Waals surface area contributed by atoms with E-state index in [0.717, 1.165) is 17.7 Å². The van der Waals surface area contributed by atoms with Gasteiger partial charge in [-0.1, -0.05) is 32.4 Å². The molecule has 2 heterocycles. The number of hydrogen-bond donors (Lipinski definition) is 1. The van der Waals surface area contributed by atoms with Crippen LogP contribution in [0, 0.1) is 5.92 Å². The van der Waals surface area contributed by atoms with Crippen molar-refractivity contribution in [1.82, 2.24) is 19.6 Å². The normalized spacial score (nSPS) is 12.0. The average molecular weight is 395 g/mol. The van der Waals surface area contributed by atoms with Crippen molar-refractivity contribution in [2.75, 3.05) is 11.4 Å². The van der Waals surface area contributed by atoms with Crippen LogP contribution in [0.5, 0.6) is 0 Å². The third kappa shape index (κ3) is 4.90. The zero-order valence-electron chi connectivity index (χ0n) is 16.8. The number of anilines is 1. The Morgan fingerprint density at radius 1 is 1.31 bits per heavy atom. The molecule has 0 aliphatic heterocycles. The van der Waals surface area contributed by atoms with Crippen LogP contribution in [0.15, 0.2) is 53.7 Å². The highest BCUT2D eigenvalue weighted by Gasteiger charge is 2.17. The largest absolute Gasteiger partial charge is 0.465 e. The molecule has 1 amide bonds. The standard InChI is InChI=1S/C21H25N5O3/c1-4-15(2)13-25(21(28)29)17-7-5-6-16(10-17)11-19-20(27)8-9-26(23-19)18-12-22-24(3)14-18/h5-10,12,14-15H,4,11,13H2,1-3H3,(H,28,29). The zero-order chi connectivity index (χ0) is 21.0. The molecule has 3 aromatic rings. The number of hydrogen-bond acceptors (Lipinski definition) is 4. The molecule has 152 valence electrons. The summed E-state index contributed by atoms with van der Waals surface area (Å²) in [5.41, 5.74) is 2.40. The van der Waals surface area contributed by atoms with E-state index in [0.29, 0.717) is 24.3 Å². The van der Waals surface area contributed by atoms with E-state index in [4.69, 9.17) is 0 Å². The summed E-state index contributed by atoms with van der Waals surface area (Å²) < 4.78 is 3.27. The average Bonchev–Trinajstić information content (AvgIpc) is 3.14. The Balaban J connectivity index is 1.88. The lowest BCUT2D eigenvalue weighted by molar-refractivity contribution is 0.200. The van der Waals surface area contributed by atoms with Gasteiger partial charge in [0.2, 0.25) is 5.43 Å². The predicted molar refractivity (Wildman–Crippen MR) is 111 cm³/mol. The summed E-state index contributed by atoms with van der Waals surface area (Å²) in [5.74, 6) is 0.247. The van der Waals surface area contributed by atoms with Crippen LogP contribution in [0.2, 0.25) is 0 Å². The number of benzene rings is 1. The molecule has 0 fully saturated rings. The second kappa shape index (κ2) is 8.72. The van der Waals surface area contributed by atoms with Crippen LogP contribution in [0.25, 0.3) is 5.69 Å². The molecule has 0 aliphatic rings. The molecule has 1 atom stereocenters.